The minimum Gasteiger partial charge on any atom is -0.439 e. The largest absolute Gasteiger partial charge is 0.439 e. The lowest BCUT2D eigenvalue weighted by Gasteiger charge is -2.26. The Balaban J connectivity index is 1.17. The van der Waals surface area contributed by atoms with Crippen molar-refractivity contribution in [2.45, 2.75) is 32.7 Å². The Morgan fingerprint density at radius 3 is 2.59 bits per heavy atom. The van der Waals surface area contributed by atoms with Crippen molar-refractivity contribution in [2.75, 3.05) is 18.4 Å². The van der Waals surface area contributed by atoms with Crippen molar-refractivity contribution in [2.24, 2.45) is 0 Å². The van der Waals surface area contributed by atoms with E-state index in [1.807, 2.05) is 61.8 Å². The average molecular weight is 519 g/mol. The van der Waals surface area contributed by atoms with Gasteiger partial charge in [0.15, 0.2) is 5.69 Å². The van der Waals surface area contributed by atoms with Gasteiger partial charge in [-0.3, -0.25) is 19.8 Å². The molecule has 0 atom stereocenters. The molecule has 0 radical (unpaired) electrons. The van der Waals surface area contributed by atoms with Crippen LogP contribution in [0.4, 0.5) is 5.69 Å². The first-order valence-corrected chi connectivity index (χ1v) is 13.3. The number of pyridine rings is 2. The molecule has 0 bridgehead atoms. The Bertz CT molecular complexity index is 1590. The van der Waals surface area contributed by atoms with Gasteiger partial charge in [-0.25, -0.2) is 4.98 Å². The zero-order chi connectivity index (χ0) is 26.6. The van der Waals surface area contributed by atoms with Gasteiger partial charge in [0, 0.05) is 36.0 Å². The van der Waals surface area contributed by atoms with Crippen molar-refractivity contribution in [3.8, 4) is 22.8 Å². The summed E-state index contributed by atoms with van der Waals surface area (Å²) in [5.74, 6) is 0.836. The number of likely N-dealkylation sites (tertiary alicyclic amines) is 1. The molecule has 0 unspecified atom stereocenters. The summed E-state index contributed by atoms with van der Waals surface area (Å²) in [7, 11) is 0. The third-order valence-electron chi connectivity index (χ3n) is 7.00. The van der Waals surface area contributed by atoms with Crippen molar-refractivity contribution in [1.82, 2.24) is 25.1 Å². The molecule has 8 nitrogen and oxygen atoms in total. The first kappa shape index (κ1) is 24.8. The molecule has 2 N–H and O–H groups in total. The van der Waals surface area contributed by atoms with E-state index in [2.05, 4.69) is 36.4 Å². The van der Waals surface area contributed by atoms with E-state index in [0.717, 1.165) is 47.2 Å². The van der Waals surface area contributed by atoms with Gasteiger partial charge >= 0.3 is 0 Å². The second-order valence-corrected chi connectivity index (χ2v) is 10.0. The Morgan fingerprint density at radius 2 is 1.79 bits per heavy atom. The fourth-order valence-electron chi connectivity index (χ4n) is 4.91. The highest BCUT2D eigenvalue weighted by atomic mass is 16.5. The third kappa shape index (κ3) is 5.81. The second-order valence-electron chi connectivity index (χ2n) is 10.0. The maximum absolute atomic E-state index is 13.1. The van der Waals surface area contributed by atoms with Crippen molar-refractivity contribution >= 4 is 22.5 Å². The van der Waals surface area contributed by atoms with E-state index >= 15 is 0 Å². The quantitative estimate of drug-likeness (QED) is 0.260. The van der Waals surface area contributed by atoms with Gasteiger partial charge in [0.1, 0.15) is 5.75 Å². The van der Waals surface area contributed by atoms with Gasteiger partial charge in [0.2, 0.25) is 5.88 Å². The molecule has 1 fully saturated rings. The summed E-state index contributed by atoms with van der Waals surface area (Å²) in [5.41, 5.74) is 6.03. The fourth-order valence-corrected chi connectivity index (χ4v) is 4.91. The number of H-pyrrole nitrogens is 1. The lowest BCUT2D eigenvalue weighted by molar-refractivity contribution is 0.102. The molecule has 5 aromatic rings. The number of carbonyl (C=O) groups is 1. The normalized spacial score (nSPS) is 13.9. The number of amides is 1. The number of nitrogens with one attached hydrogen (secondary N) is 2. The molecule has 39 heavy (non-hydrogen) atoms. The molecule has 1 aliphatic heterocycles. The molecule has 0 aliphatic carbocycles. The van der Waals surface area contributed by atoms with E-state index in [4.69, 9.17) is 4.74 Å². The maximum Gasteiger partial charge on any atom is 0.276 e. The molecule has 1 aliphatic rings. The van der Waals surface area contributed by atoms with Crippen LogP contribution in [0.3, 0.4) is 0 Å². The first-order chi connectivity index (χ1) is 19.1. The summed E-state index contributed by atoms with van der Waals surface area (Å²) < 4.78 is 5.78. The molecular formula is C31H30N6O2. The lowest BCUT2D eigenvalue weighted by Crippen LogP contribution is -2.29. The molecule has 0 spiro atoms. The predicted octanol–water partition coefficient (Wildman–Crippen LogP) is 6.36. The van der Waals surface area contributed by atoms with Crippen LogP contribution < -0.4 is 10.1 Å². The van der Waals surface area contributed by atoms with Crippen molar-refractivity contribution in [1.29, 1.82) is 0 Å². The van der Waals surface area contributed by atoms with E-state index in [0.29, 0.717) is 23.0 Å². The highest BCUT2D eigenvalue weighted by Gasteiger charge is 2.16. The Morgan fingerprint density at radius 1 is 0.949 bits per heavy atom. The predicted molar refractivity (Wildman–Crippen MR) is 152 cm³/mol. The number of aromatic amines is 1. The van der Waals surface area contributed by atoms with Crippen LogP contribution in [0, 0.1) is 6.92 Å². The number of carbonyl (C=O) groups excluding carboxylic acids is 1. The summed E-state index contributed by atoms with van der Waals surface area (Å²) in [6.07, 6.45) is 9.22. The summed E-state index contributed by atoms with van der Waals surface area (Å²) in [4.78, 5) is 24.5. The smallest absolute Gasteiger partial charge is 0.276 e. The topological polar surface area (TPSA) is 96.0 Å². The van der Waals surface area contributed by atoms with Gasteiger partial charge in [0.25, 0.3) is 5.91 Å². The standard InChI is InChI=1S/C31H30N6O2/c1-21-5-9-26(10-6-21)39-29-12-8-25(19-33-29)34-31(38)30-27-16-23(7-11-28(27)35-36-30)24-15-22(17-32-18-24)20-37-13-3-2-4-14-37/h5-12,15-19H,2-4,13-14,20H2,1H3,(H,34,38)(H,35,36). The van der Waals surface area contributed by atoms with Crippen LogP contribution in [-0.2, 0) is 6.54 Å². The maximum atomic E-state index is 13.1. The van der Waals surface area contributed by atoms with Crippen molar-refractivity contribution < 1.29 is 9.53 Å². The number of rotatable bonds is 7. The number of piperidine rings is 1. The van der Waals surface area contributed by atoms with Crippen LogP contribution in [0.1, 0.15) is 40.9 Å². The number of fused-ring (bicyclic) bond motifs is 1. The van der Waals surface area contributed by atoms with Crippen molar-refractivity contribution in [3.05, 3.63) is 96.1 Å². The number of nitrogens with zero attached hydrogens (tertiary/aromatic N) is 4. The number of anilines is 1. The van der Waals surface area contributed by atoms with Crippen LogP contribution in [0.2, 0.25) is 0 Å². The zero-order valence-corrected chi connectivity index (χ0v) is 21.9. The molecule has 3 aromatic heterocycles. The molecule has 4 heterocycles. The summed E-state index contributed by atoms with van der Waals surface area (Å²) in [5, 5.41) is 10.9. The van der Waals surface area contributed by atoms with E-state index in [-0.39, 0.29) is 5.91 Å². The monoisotopic (exact) mass is 518 g/mol. The van der Waals surface area contributed by atoms with Gasteiger partial charge in [-0.05, 0) is 80.4 Å². The van der Waals surface area contributed by atoms with Gasteiger partial charge in [-0.1, -0.05) is 30.2 Å². The lowest BCUT2D eigenvalue weighted by atomic mass is 10.0. The molecule has 8 heteroatoms. The molecule has 1 amide bonds. The van der Waals surface area contributed by atoms with E-state index in [9.17, 15) is 4.79 Å². The third-order valence-corrected chi connectivity index (χ3v) is 7.00. The summed E-state index contributed by atoms with van der Waals surface area (Å²) in [6.45, 7) is 5.21. The van der Waals surface area contributed by atoms with E-state index in [1.165, 1.54) is 24.8 Å². The minimum absolute atomic E-state index is 0.315. The number of aromatic nitrogens is 4. The molecule has 196 valence electrons. The Labute approximate surface area is 227 Å². The van der Waals surface area contributed by atoms with Gasteiger partial charge in [0.05, 0.1) is 17.4 Å². The Kier molecular flexibility index (Phi) is 7.01. The van der Waals surface area contributed by atoms with Gasteiger partial charge in [-0.2, -0.15) is 5.10 Å². The number of benzene rings is 2. The van der Waals surface area contributed by atoms with Crippen LogP contribution in [-0.4, -0.2) is 44.1 Å². The van der Waals surface area contributed by atoms with E-state index in [1.54, 1.807) is 18.3 Å². The molecule has 0 saturated carbocycles. The van der Waals surface area contributed by atoms with Crippen LogP contribution in [0.15, 0.2) is 79.3 Å². The van der Waals surface area contributed by atoms with Crippen LogP contribution in [0.5, 0.6) is 11.6 Å². The molecule has 6 rings (SSSR count). The van der Waals surface area contributed by atoms with E-state index < -0.39 is 0 Å². The molecule has 2 aromatic carbocycles. The first-order valence-electron chi connectivity index (χ1n) is 13.3. The van der Waals surface area contributed by atoms with Gasteiger partial charge < -0.3 is 10.1 Å². The fraction of sp³-hybridized carbons (Fsp3) is 0.226. The van der Waals surface area contributed by atoms with Gasteiger partial charge in [-0.15, -0.1) is 0 Å². The second kappa shape index (κ2) is 11.0. The number of ether oxygens (including phenoxy) is 1. The molecular weight excluding hydrogens is 488 g/mol. The zero-order valence-electron chi connectivity index (χ0n) is 21.9. The number of hydrogen-bond donors (Lipinski definition) is 2. The SMILES string of the molecule is Cc1ccc(Oc2ccc(NC(=O)c3n[nH]c4ccc(-c5cncc(CN6CCCCC6)c5)cc34)cn2)cc1. The average Bonchev–Trinajstić information content (AvgIpc) is 3.40. The minimum atomic E-state index is -0.315. The molecule has 1 saturated heterocycles. The number of hydrogen-bond acceptors (Lipinski definition) is 6. The van der Waals surface area contributed by atoms with Crippen LogP contribution >= 0.6 is 0 Å². The summed E-state index contributed by atoms with van der Waals surface area (Å²) >= 11 is 0. The van der Waals surface area contributed by atoms with Crippen LogP contribution in [0.25, 0.3) is 22.0 Å². The number of aryl methyl sites for hydroxylation is 1. The Hall–Kier alpha value is -4.56. The highest BCUT2D eigenvalue weighted by molar-refractivity contribution is 6.11. The van der Waals surface area contributed by atoms with Crippen molar-refractivity contribution in [3.63, 3.8) is 0 Å². The summed E-state index contributed by atoms with van der Waals surface area (Å²) in [6, 6.07) is 19.4. The highest BCUT2D eigenvalue weighted by Crippen LogP contribution is 2.27.